The van der Waals surface area contributed by atoms with Crippen molar-refractivity contribution in [2.24, 2.45) is 5.10 Å². The Morgan fingerprint density at radius 2 is 1.75 bits per heavy atom. The van der Waals surface area contributed by atoms with E-state index in [1.54, 1.807) is 36.4 Å². The predicted octanol–water partition coefficient (Wildman–Crippen LogP) is 9.07. The van der Waals surface area contributed by atoms with Crippen molar-refractivity contribution >= 4 is 88.4 Å². The summed E-state index contributed by atoms with van der Waals surface area (Å²) in [4.78, 5) is 29.4. The van der Waals surface area contributed by atoms with E-state index in [1.165, 1.54) is 6.21 Å². The number of carbonyl (C=O) groups excluding carboxylic acids is 2. The highest BCUT2D eigenvalue weighted by Crippen LogP contribution is 2.38. The van der Waals surface area contributed by atoms with Crippen molar-refractivity contribution in [3.8, 4) is 16.9 Å². The second-order valence-electron chi connectivity index (χ2n) is 8.81. The van der Waals surface area contributed by atoms with E-state index in [9.17, 15) is 9.59 Å². The molecule has 2 N–H and O–H groups in total. The van der Waals surface area contributed by atoms with Crippen molar-refractivity contribution in [2.45, 2.75) is 6.92 Å². The van der Waals surface area contributed by atoms with E-state index in [0.717, 1.165) is 25.4 Å². The van der Waals surface area contributed by atoms with Gasteiger partial charge >= 0.3 is 5.97 Å². The molecule has 0 saturated heterocycles. The van der Waals surface area contributed by atoms with Crippen LogP contribution in [0.3, 0.4) is 0 Å². The van der Waals surface area contributed by atoms with Gasteiger partial charge in [0.15, 0.2) is 5.75 Å². The van der Waals surface area contributed by atoms with Crippen LogP contribution in [0.5, 0.6) is 5.75 Å². The smallest absolute Gasteiger partial charge is 0.343 e. The minimum absolute atomic E-state index is 0.264. The maximum atomic E-state index is 13.4. The van der Waals surface area contributed by atoms with Gasteiger partial charge in [-0.25, -0.2) is 10.2 Å². The quantitative estimate of drug-likeness (QED) is 0.0788. The first-order chi connectivity index (χ1) is 19.2. The molecule has 5 rings (SSSR count). The zero-order chi connectivity index (χ0) is 28.4. The van der Waals surface area contributed by atoms with Crippen LogP contribution in [0, 0.1) is 6.92 Å². The van der Waals surface area contributed by atoms with E-state index in [2.05, 4.69) is 63.3 Å². The van der Waals surface area contributed by atoms with Gasteiger partial charge in [0.1, 0.15) is 5.69 Å². The fourth-order valence-electron chi connectivity index (χ4n) is 4.20. The van der Waals surface area contributed by atoms with Gasteiger partial charge in [-0.3, -0.25) is 4.79 Å². The molecule has 1 heterocycles. The molecule has 0 aliphatic carbocycles. The molecule has 0 radical (unpaired) electrons. The number of hydrazone groups is 1. The van der Waals surface area contributed by atoms with Crippen LogP contribution in [0.4, 0.5) is 0 Å². The Kier molecular flexibility index (Phi) is 8.56. The topological polar surface area (TPSA) is 83.5 Å². The molecule has 0 aliphatic heterocycles. The number of esters is 1. The summed E-state index contributed by atoms with van der Waals surface area (Å²) in [6.45, 7) is 1.90. The maximum Gasteiger partial charge on any atom is 0.343 e. The van der Waals surface area contributed by atoms with Crippen LogP contribution in [-0.2, 0) is 0 Å². The first kappa shape index (κ1) is 28.3. The zero-order valence-electron chi connectivity index (χ0n) is 20.8. The van der Waals surface area contributed by atoms with Gasteiger partial charge < -0.3 is 9.72 Å². The molecule has 200 valence electrons. The number of carbonyl (C=O) groups is 2. The van der Waals surface area contributed by atoms with Gasteiger partial charge in [-0.15, -0.1) is 0 Å². The zero-order valence-corrected chi connectivity index (χ0v) is 26.3. The van der Waals surface area contributed by atoms with Crippen molar-refractivity contribution in [1.29, 1.82) is 0 Å². The molecule has 0 unspecified atom stereocenters. The highest BCUT2D eigenvalue weighted by Gasteiger charge is 2.21. The first-order valence-corrected chi connectivity index (χ1v) is 14.6. The van der Waals surface area contributed by atoms with E-state index in [4.69, 9.17) is 16.3 Å². The maximum absolute atomic E-state index is 13.4. The molecular formula is C30H19Br3ClN3O3. The fraction of sp³-hybridized carbons (Fsp3) is 0.0333. The molecule has 0 saturated carbocycles. The summed E-state index contributed by atoms with van der Waals surface area (Å²) in [5.74, 6) is -0.718. The highest BCUT2D eigenvalue weighted by atomic mass is 79.9. The van der Waals surface area contributed by atoms with Gasteiger partial charge in [0.2, 0.25) is 0 Å². The van der Waals surface area contributed by atoms with E-state index < -0.39 is 11.9 Å². The van der Waals surface area contributed by atoms with E-state index >= 15 is 0 Å². The van der Waals surface area contributed by atoms with E-state index in [1.807, 2.05) is 49.4 Å². The molecule has 0 spiro atoms. The lowest BCUT2D eigenvalue weighted by Crippen LogP contribution is -2.19. The molecule has 1 aromatic heterocycles. The summed E-state index contributed by atoms with van der Waals surface area (Å²) in [5.41, 5.74) is 6.86. The van der Waals surface area contributed by atoms with E-state index in [-0.39, 0.29) is 5.75 Å². The summed E-state index contributed by atoms with van der Waals surface area (Å²) >= 11 is 16.9. The molecule has 1 amide bonds. The van der Waals surface area contributed by atoms with Crippen LogP contribution in [0.2, 0.25) is 5.02 Å². The number of hydrogen-bond donors (Lipinski definition) is 2. The van der Waals surface area contributed by atoms with Gasteiger partial charge in [-0.2, -0.15) is 5.10 Å². The van der Waals surface area contributed by atoms with Crippen LogP contribution < -0.4 is 10.2 Å². The van der Waals surface area contributed by atoms with Crippen LogP contribution in [0.1, 0.15) is 32.0 Å². The van der Waals surface area contributed by atoms with Gasteiger partial charge in [0.05, 0.1) is 16.3 Å². The molecule has 6 nitrogen and oxygen atoms in total. The number of aryl methyl sites for hydroxylation is 1. The molecule has 0 atom stereocenters. The number of halogens is 4. The lowest BCUT2D eigenvalue weighted by atomic mass is 10.0. The third-order valence-electron chi connectivity index (χ3n) is 5.99. The molecule has 5 aromatic rings. The number of fused-ring (bicyclic) bond motifs is 1. The van der Waals surface area contributed by atoms with Gasteiger partial charge in [0.25, 0.3) is 5.91 Å². The largest absolute Gasteiger partial charge is 0.421 e. The molecule has 40 heavy (non-hydrogen) atoms. The first-order valence-electron chi connectivity index (χ1n) is 11.9. The number of benzene rings is 4. The van der Waals surface area contributed by atoms with E-state index in [0.29, 0.717) is 37.4 Å². The van der Waals surface area contributed by atoms with Crippen LogP contribution in [0.25, 0.3) is 22.0 Å². The number of ether oxygens (including phenoxy) is 1. The average molecular weight is 745 g/mol. The van der Waals surface area contributed by atoms with Gasteiger partial charge in [0, 0.05) is 41.6 Å². The molecule has 0 fully saturated rings. The third-order valence-corrected chi connectivity index (χ3v) is 7.86. The number of H-pyrrole nitrogens is 1. The summed E-state index contributed by atoms with van der Waals surface area (Å²) in [5, 5.41) is 5.53. The number of hydrogen-bond acceptors (Lipinski definition) is 4. The Morgan fingerprint density at radius 3 is 2.52 bits per heavy atom. The third kappa shape index (κ3) is 6.07. The second-order valence-corrected chi connectivity index (χ2v) is 11.9. The van der Waals surface area contributed by atoms with Crippen molar-refractivity contribution in [2.75, 3.05) is 0 Å². The Morgan fingerprint density at radius 1 is 0.950 bits per heavy atom. The Bertz CT molecular complexity index is 1820. The number of aromatic amines is 1. The predicted molar refractivity (Wildman–Crippen MR) is 169 cm³/mol. The molecule has 10 heteroatoms. The second kappa shape index (κ2) is 12.1. The minimum Gasteiger partial charge on any atom is -0.421 e. The number of nitrogens with one attached hydrogen (secondary N) is 2. The van der Waals surface area contributed by atoms with Crippen molar-refractivity contribution in [3.63, 3.8) is 0 Å². The molecule has 4 aromatic carbocycles. The standard InChI is InChI=1S/C30H19Br3ClN3O3/c1-16-5-4-6-17(11-16)30(39)40-28-18(12-20(32)14-23(28)33)15-35-37-29(38)27-26(21-7-2-3-8-24(21)34)22-13-19(31)9-10-25(22)36-27/h2-15,36H,1H3,(H,37,38). The SMILES string of the molecule is Cc1cccc(C(=O)Oc2c(Br)cc(Br)cc2C=NNC(=O)c2[nH]c3ccc(Br)cc3c2-c2ccccc2Cl)c1. The highest BCUT2D eigenvalue weighted by molar-refractivity contribution is 9.11. The lowest BCUT2D eigenvalue weighted by Gasteiger charge is -2.11. The van der Waals surface area contributed by atoms with Crippen LogP contribution in [-0.4, -0.2) is 23.1 Å². The van der Waals surface area contributed by atoms with Crippen molar-refractivity contribution in [1.82, 2.24) is 10.4 Å². The average Bonchev–Trinajstić information content (AvgIpc) is 3.29. The molecule has 0 aliphatic rings. The minimum atomic E-state index is -0.515. The molecular weight excluding hydrogens is 726 g/mol. The normalized spacial score (nSPS) is 11.2. The van der Waals surface area contributed by atoms with Crippen LogP contribution >= 0.6 is 59.4 Å². The monoisotopic (exact) mass is 741 g/mol. The lowest BCUT2D eigenvalue weighted by molar-refractivity contribution is 0.0732. The van der Waals surface area contributed by atoms with Gasteiger partial charge in [-0.05, 0) is 71.4 Å². The number of nitrogens with zero attached hydrogens (tertiary/aromatic N) is 1. The Labute approximate surface area is 260 Å². The Balaban J connectivity index is 1.46. The summed E-state index contributed by atoms with van der Waals surface area (Å²) in [6, 6.07) is 23.6. The number of amides is 1. The Hall–Kier alpha value is -3.24. The molecule has 0 bridgehead atoms. The summed E-state index contributed by atoms with van der Waals surface area (Å²) in [7, 11) is 0. The fourth-order valence-corrected chi connectivity index (χ4v) is 6.13. The van der Waals surface area contributed by atoms with Crippen LogP contribution in [0.15, 0.2) is 97.4 Å². The van der Waals surface area contributed by atoms with Crippen molar-refractivity contribution in [3.05, 3.63) is 120 Å². The summed E-state index contributed by atoms with van der Waals surface area (Å²) in [6.07, 6.45) is 1.42. The number of rotatable bonds is 6. The summed E-state index contributed by atoms with van der Waals surface area (Å²) < 4.78 is 7.85. The number of aromatic nitrogens is 1. The van der Waals surface area contributed by atoms with Gasteiger partial charge in [-0.1, -0.05) is 79.4 Å². The van der Waals surface area contributed by atoms with Crippen molar-refractivity contribution < 1.29 is 14.3 Å².